The maximum atomic E-state index is 5.43. The van der Waals surface area contributed by atoms with Crippen LogP contribution in [0.1, 0.15) is 5.82 Å². The Hall–Kier alpha value is -1.78. The molecule has 0 spiro atoms. The van der Waals surface area contributed by atoms with E-state index in [0.29, 0.717) is 0 Å². The summed E-state index contributed by atoms with van der Waals surface area (Å²) >= 11 is 0. The SMILES string of the molecule is NN1NN=C(c2nn[nH]n2)N1N. The first kappa shape index (κ1) is 6.90. The molecule has 1 aliphatic rings. The van der Waals surface area contributed by atoms with Crippen LogP contribution in [0.3, 0.4) is 0 Å². The number of nitrogens with zero attached hydrogens (tertiary/aromatic N) is 6. The van der Waals surface area contributed by atoms with Gasteiger partial charge in [-0.25, -0.2) is 17.2 Å². The molecule has 0 aromatic carbocycles. The van der Waals surface area contributed by atoms with E-state index in [1.165, 1.54) is 0 Å². The van der Waals surface area contributed by atoms with E-state index < -0.39 is 0 Å². The largest absolute Gasteiger partial charge is 0.244 e. The topological polar surface area (TPSA) is 137 Å². The molecule has 1 aromatic heterocycles. The fourth-order valence-electron chi connectivity index (χ4n) is 0.709. The molecular formula is C2H6N10. The molecule has 0 fully saturated rings. The summed E-state index contributed by atoms with van der Waals surface area (Å²) in [6.07, 6.45) is 0. The minimum Gasteiger partial charge on any atom is -0.229 e. The van der Waals surface area contributed by atoms with Crippen molar-refractivity contribution in [3.63, 3.8) is 0 Å². The van der Waals surface area contributed by atoms with Crippen LogP contribution in [0.5, 0.6) is 0 Å². The van der Waals surface area contributed by atoms with Crippen LogP contribution in [0.15, 0.2) is 5.10 Å². The molecule has 64 valence electrons. The summed E-state index contributed by atoms with van der Waals surface area (Å²) in [5, 5.41) is 18.7. The average Bonchev–Trinajstić information content (AvgIpc) is 2.64. The van der Waals surface area contributed by atoms with Crippen molar-refractivity contribution in [3.05, 3.63) is 5.82 Å². The Kier molecular flexibility index (Phi) is 1.36. The summed E-state index contributed by atoms with van der Waals surface area (Å²) in [6.45, 7) is 0. The van der Waals surface area contributed by atoms with E-state index in [1.54, 1.807) is 0 Å². The van der Waals surface area contributed by atoms with Crippen LogP contribution in [-0.2, 0) is 0 Å². The first-order valence-electron chi connectivity index (χ1n) is 2.96. The lowest BCUT2D eigenvalue weighted by molar-refractivity contribution is 0.0140. The van der Waals surface area contributed by atoms with E-state index in [1.807, 2.05) is 0 Å². The number of hydrogen-bond donors (Lipinski definition) is 4. The molecular weight excluding hydrogens is 164 g/mol. The third kappa shape index (κ3) is 0.868. The van der Waals surface area contributed by atoms with Crippen molar-refractivity contribution >= 4 is 5.84 Å². The van der Waals surface area contributed by atoms with Crippen molar-refractivity contribution in [1.29, 1.82) is 0 Å². The zero-order valence-electron chi connectivity index (χ0n) is 5.84. The summed E-state index contributed by atoms with van der Waals surface area (Å²) in [4.78, 5) is 0. The molecule has 6 N–H and O–H groups in total. The number of hydrazone groups is 1. The van der Waals surface area contributed by atoms with Crippen LogP contribution in [0.4, 0.5) is 0 Å². The van der Waals surface area contributed by atoms with Gasteiger partial charge in [0.05, 0.1) is 0 Å². The highest BCUT2D eigenvalue weighted by molar-refractivity contribution is 5.94. The monoisotopic (exact) mass is 170 g/mol. The van der Waals surface area contributed by atoms with Gasteiger partial charge in [0.1, 0.15) is 0 Å². The van der Waals surface area contributed by atoms with Gasteiger partial charge < -0.3 is 0 Å². The molecule has 0 bridgehead atoms. The van der Waals surface area contributed by atoms with Gasteiger partial charge in [-0.15, -0.1) is 15.3 Å². The molecule has 10 heteroatoms. The number of hydrazine groups is 4. The number of nitrogens with two attached hydrogens (primary N) is 2. The molecule has 12 heavy (non-hydrogen) atoms. The molecule has 0 aliphatic carbocycles. The lowest BCUT2D eigenvalue weighted by atomic mass is 10.6. The minimum atomic E-state index is 0.262. The molecule has 0 saturated carbocycles. The van der Waals surface area contributed by atoms with E-state index >= 15 is 0 Å². The maximum absolute atomic E-state index is 5.43. The highest BCUT2D eigenvalue weighted by Gasteiger charge is 2.24. The van der Waals surface area contributed by atoms with E-state index in [0.717, 1.165) is 10.3 Å². The zero-order valence-corrected chi connectivity index (χ0v) is 5.84. The van der Waals surface area contributed by atoms with Crippen molar-refractivity contribution in [2.75, 3.05) is 0 Å². The number of hydrogen-bond acceptors (Lipinski definition) is 9. The van der Waals surface area contributed by atoms with E-state index in [4.69, 9.17) is 11.7 Å². The van der Waals surface area contributed by atoms with Gasteiger partial charge in [-0.3, -0.25) is 0 Å². The Labute approximate surface area is 66.1 Å². The smallest absolute Gasteiger partial charge is 0.229 e. The Balaban J connectivity index is 2.27. The van der Waals surface area contributed by atoms with Crippen LogP contribution in [0, 0.1) is 0 Å². The Morgan fingerprint density at radius 3 is 2.67 bits per heavy atom. The normalized spacial score (nSPS) is 17.8. The standard InChI is InChI=1S/C2H6N10/c3-11-2(7-10-12(11)4)1-5-8-9-6-1/h10H,3-4H2,(H,5,6,8,9). The average molecular weight is 170 g/mol. The van der Waals surface area contributed by atoms with Crippen molar-refractivity contribution in [3.8, 4) is 0 Å². The second-order valence-corrected chi connectivity index (χ2v) is 1.96. The summed E-state index contributed by atoms with van der Waals surface area (Å²) in [6, 6.07) is 0. The number of nitrogens with one attached hydrogen (secondary N) is 2. The fraction of sp³-hybridized carbons (Fsp3) is 0. The fourth-order valence-corrected chi connectivity index (χ4v) is 0.709. The highest BCUT2D eigenvalue weighted by atomic mass is 16.1. The lowest BCUT2D eigenvalue weighted by Gasteiger charge is -2.16. The lowest BCUT2D eigenvalue weighted by Crippen LogP contribution is -2.54. The second kappa shape index (κ2) is 2.37. The van der Waals surface area contributed by atoms with Gasteiger partial charge in [0.2, 0.25) is 11.7 Å². The van der Waals surface area contributed by atoms with E-state index in [2.05, 4.69) is 31.3 Å². The molecule has 1 aliphatic heterocycles. The van der Waals surface area contributed by atoms with Crippen LogP contribution < -0.4 is 17.2 Å². The summed E-state index contributed by atoms with van der Waals surface area (Å²) in [5.41, 5.74) is 2.39. The number of tetrazole rings is 1. The first-order valence-corrected chi connectivity index (χ1v) is 2.96. The van der Waals surface area contributed by atoms with E-state index in [-0.39, 0.29) is 11.7 Å². The number of aromatic nitrogens is 4. The number of H-pyrrole nitrogens is 1. The van der Waals surface area contributed by atoms with Crippen LogP contribution >= 0.6 is 0 Å². The molecule has 2 rings (SSSR count). The van der Waals surface area contributed by atoms with E-state index in [9.17, 15) is 0 Å². The quantitative estimate of drug-likeness (QED) is 0.321. The number of amidine groups is 1. The third-order valence-corrected chi connectivity index (χ3v) is 1.25. The molecule has 0 amide bonds. The molecule has 0 atom stereocenters. The van der Waals surface area contributed by atoms with Crippen molar-refractivity contribution < 1.29 is 0 Å². The second-order valence-electron chi connectivity index (χ2n) is 1.96. The van der Waals surface area contributed by atoms with Gasteiger partial charge in [-0.2, -0.15) is 10.3 Å². The van der Waals surface area contributed by atoms with Crippen molar-refractivity contribution in [1.82, 2.24) is 36.5 Å². The first-order chi connectivity index (χ1) is 5.79. The van der Waals surface area contributed by atoms with Crippen molar-refractivity contribution in [2.24, 2.45) is 16.8 Å². The van der Waals surface area contributed by atoms with Crippen molar-refractivity contribution in [2.45, 2.75) is 0 Å². The maximum Gasteiger partial charge on any atom is 0.244 e. The van der Waals surface area contributed by atoms with Gasteiger partial charge in [-0.05, 0) is 10.4 Å². The molecule has 0 radical (unpaired) electrons. The number of aromatic amines is 1. The summed E-state index contributed by atoms with van der Waals surface area (Å²) < 4.78 is 0. The molecule has 2 heterocycles. The zero-order chi connectivity index (χ0) is 8.55. The molecule has 1 aromatic rings. The molecule has 0 saturated heterocycles. The molecule has 10 nitrogen and oxygen atoms in total. The minimum absolute atomic E-state index is 0.262. The van der Waals surface area contributed by atoms with Gasteiger partial charge in [-0.1, -0.05) is 0 Å². The molecule has 0 unspecified atom stereocenters. The van der Waals surface area contributed by atoms with Gasteiger partial charge >= 0.3 is 0 Å². The van der Waals surface area contributed by atoms with Gasteiger partial charge in [0.15, 0.2) is 0 Å². The Bertz CT molecular complexity index is 285. The third-order valence-electron chi connectivity index (χ3n) is 1.25. The van der Waals surface area contributed by atoms with Gasteiger partial charge in [0, 0.05) is 0 Å². The van der Waals surface area contributed by atoms with Crippen LogP contribution in [-0.4, -0.2) is 36.8 Å². The predicted octanol–water partition coefficient (Wildman–Crippen LogP) is -3.35. The summed E-state index contributed by atoms with van der Waals surface area (Å²) in [7, 11) is 0. The summed E-state index contributed by atoms with van der Waals surface area (Å²) in [5.74, 6) is 11.3. The van der Waals surface area contributed by atoms with Crippen LogP contribution in [0.25, 0.3) is 0 Å². The Morgan fingerprint density at radius 2 is 2.17 bits per heavy atom. The number of rotatable bonds is 1. The predicted molar refractivity (Wildman–Crippen MR) is 35.9 cm³/mol. The Morgan fingerprint density at radius 1 is 1.33 bits per heavy atom. The highest BCUT2D eigenvalue weighted by Crippen LogP contribution is 1.98. The van der Waals surface area contributed by atoms with Gasteiger partial charge in [0.25, 0.3) is 0 Å². The van der Waals surface area contributed by atoms with Crippen LogP contribution in [0.2, 0.25) is 0 Å².